The molecule has 1 amide bonds. The fraction of sp³-hybridized carbons (Fsp3) is 0.185. The number of methoxy groups -OCH3 is 1. The van der Waals surface area contributed by atoms with Gasteiger partial charge in [0, 0.05) is 5.39 Å². The van der Waals surface area contributed by atoms with Gasteiger partial charge in [0.05, 0.1) is 25.0 Å². The first-order valence-corrected chi connectivity index (χ1v) is 11.9. The molecule has 7 heteroatoms. The van der Waals surface area contributed by atoms with Crippen molar-refractivity contribution in [2.75, 3.05) is 18.6 Å². The number of carbonyl (C=O) groups is 1. The molecule has 0 aliphatic rings. The van der Waals surface area contributed by atoms with Crippen molar-refractivity contribution in [3.8, 4) is 11.5 Å². The number of carbonyl (C=O) groups excluding carboxylic acids is 1. The molecule has 172 valence electrons. The minimum Gasteiger partial charge on any atom is -0.494 e. The van der Waals surface area contributed by atoms with Crippen molar-refractivity contribution in [2.24, 2.45) is 0 Å². The lowest BCUT2D eigenvalue weighted by atomic mass is 10.2. The molecule has 0 aliphatic heterocycles. The SMILES string of the molecule is CCOc1cccc2cc(C(=O)N(Cc3ccccc3)c3nc4c(OC)ccc(C)c4s3)oc12. The molecule has 0 fully saturated rings. The number of rotatable bonds is 7. The molecule has 0 atom stereocenters. The number of furan rings is 1. The molecule has 0 saturated heterocycles. The molecule has 5 rings (SSSR count). The Bertz CT molecular complexity index is 1470. The Balaban J connectivity index is 1.61. The van der Waals surface area contributed by atoms with Gasteiger partial charge in [0.25, 0.3) is 5.91 Å². The molecule has 2 heterocycles. The van der Waals surface area contributed by atoms with Gasteiger partial charge in [-0.1, -0.05) is 59.9 Å². The standard InChI is InChI=1S/C27H24N2O4S/c1-4-32-21-12-8-11-19-15-22(33-24(19)21)26(30)29(16-18-9-6-5-7-10-18)27-28-23-20(31-3)14-13-17(2)25(23)34-27/h5-15H,4,16H2,1-3H3. The molecule has 0 bridgehead atoms. The van der Waals surface area contributed by atoms with E-state index < -0.39 is 0 Å². The number of anilines is 1. The maximum absolute atomic E-state index is 13.8. The number of ether oxygens (including phenoxy) is 2. The van der Waals surface area contributed by atoms with Gasteiger partial charge in [-0.2, -0.15) is 0 Å². The number of hydrogen-bond acceptors (Lipinski definition) is 6. The Hall–Kier alpha value is -3.84. The smallest absolute Gasteiger partial charge is 0.296 e. The quantitative estimate of drug-likeness (QED) is 0.267. The lowest BCUT2D eigenvalue weighted by Crippen LogP contribution is -2.30. The Morgan fingerprint density at radius 1 is 1.06 bits per heavy atom. The van der Waals surface area contributed by atoms with Crippen LogP contribution in [0.2, 0.25) is 0 Å². The van der Waals surface area contributed by atoms with E-state index in [0.717, 1.165) is 26.7 Å². The van der Waals surface area contributed by atoms with Crippen molar-refractivity contribution in [3.63, 3.8) is 0 Å². The van der Waals surface area contributed by atoms with Crippen molar-refractivity contribution in [1.29, 1.82) is 0 Å². The number of para-hydroxylation sites is 1. The number of fused-ring (bicyclic) bond motifs is 2. The van der Waals surface area contributed by atoms with E-state index in [1.165, 1.54) is 11.3 Å². The number of aromatic nitrogens is 1. The third kappa shape index (κ3) is 3.99. The van der Waals surface area contributed by atoms with Gasteiger partial charge in [-0.25, -0.2) is 4.98 Å². The summed E-state index contributed by atoms with van der Waals surface area (Å²) in [6, 6.07) is 21.2. The summed E-state index contributed by atoms with van der Waals surface area (Å²) in [5.41, 5.74) is 3.38. The highest BCUT2D eigenvalue weighted by Crippen LogP contribution is 2.38. The molecule has 0 radical (unpaired) electrons. The first kappa shape index (κ1) is 22.0. The lowest BCUT2D eigenvalue weighted by molar-refractivity contribution is 0.0960. The fourth-order valence-corrected chi connectivity index (χ4v) is 4.96. The predicted molar refractivity (Wildman–Crippen MR) is 135 cm³/mol. The van der Waals surface area contributed by atoms with Crippen LogP contribution >= 0.6 is 11.3 Å². The van der Waals surface area contributed by atoms with Crippen LogP contribution in [0.1, 0.15) is 28.6 Å². The van der Waals surface area contributed by atoms with Gasteiger partial charge in [-0.15, -0.1) is 0 Å². The summed E-state index contributed by atoms with van der Waals surface area (Å²) in [5.74, 6) is 1.27. The average molecular weight is 473 g/mol. The molecule has 0 unspecified atom stereocenters. The Morgan fingerprint density at radius 3 is 2.65 bits per heavy atom. The summed E-state index contributed by atoms with van der Waals surface area (Å²) < 4.78 is 18.2. The van der Waals surface area contributed by atoms with E-state index in [4.69, 9.17) is 18.9 Å². The summed E-state index contributed by atoms with van der Waals surface area (Å²) in [4.78, 5) is 20.3. The lowest BCUT2D eigenvalue weighted by Gasteiger charge is -2.18. The summed E-state index contributed by atoms with van der Waals surface area (Å²) in [6.07, 6.45) is 0. The minimum absolute atomic E-state index is 0.237. The van der Waals surface area contributed by atoms with E-state index >= 15 is 0 Å². The van der Waals surface area contributed by atoms with E-state index in [-0.39, 0.29) is 11.7 Å². The number of thiazole rings is 1. The summed E-state index contributed by atoms with van der Waals surface area (Å²) in [6.45, 7) is 4.81. The molecule has 2 aromatic heterocycles. The monoisotopic (exact) mass is 472 g/mol. The fourth-order valence-electron chi connectivity index (χ4n) is 3.91. The molecule has 3 aromatic carbocycles. The number of hydrogen-bond donors (Lipinski definition) is 0. The van der Waals surface area contributed by atoms with Crippen LogP contribution in [0.25, 0.3) is 21.2 Å². The first-order chi connectivity index (χ1) is 16.6. The van der Waals surface area contributed by atoms with Crippen LogP contribution in [0, 0.1) is 6.92 Å². The topological polar surface area (TPSA) is 64.8 Å². The second kappa shape index (κ2) is 9.19. The molecule has 6 nitrogen and oxygen atoms in total. The van der Waals surface area contributed by atoms with Gasteiger partial charge < -0.3 is 13.9 Å². The van der Waals surface area contributed by atoms with E-state index in [1.807, 2.05) is 74.5 Å². The zero-order chi connectivity index (χ0) is 23.7. The van der Waals surface area contributed by atoms with Crippen molar-refractivity contribution >= 4 is 43.6 Å². The summed E-state index contributed by atoms with van der Waals surface area (Å²) >= 11 is 1.47. The summed E-state index contributed by atoms with van der Waals surface area (Å²) in [5, 5.41) is 1.40. The molecular formula is C27H24N2O4S. The highest BCUT2D eigenvalue weighted by molar-refractivity contribution is 7.22. The molecule has 34 heavy (non-hydrogen) atoms. The molecule has 0 N–H and O–H groups in total. The molecule has 5 aromatic rings. The van der Waals surface area contributed by atoms with Crippen molar-refractivity contribution in [1.82, 2.24) is 4.98 Å². The Morgan fingerprint density at radius 2 is 1.88 bits per heavy atom. The highest BCUT2D eigenvalue weighted by atomic mass is 32.1. The van der Waals surface area contributed by atoms with Crippen molar-refractivity contribution < 1.29 is 18.7 Å². The van der Waals surface area contributed by atoms with Crippen LogP contribution in [0.5, 0.6) is 11.5 Å². The highest BCUT2D eigenvalue weighted by Gasteiger charge is 2.26. The second-order valence-electron chi connectivity index (χ2n) is 7.85. The number of nitrogens with zero attached hydrogens (tertiary/aromatic N) is 2. The van der Waals surface area contributed by atoms with Crippen LogP contribution < -0.4 is 14.4 Å². The molecule has 0 saturated carbocycles. The Labute approximate surface area is 201 Å². The number of amides is 1. The minimum atomic E-state index is -0.266. The number of benzene rings is 3. The van der Waals surface area contributed by atoms with Gasteiger partial charge in [0.15, 0.2) is 22.2 Å². The molecular weight excluding hydrogens is 448 g/mol. The van der Waals surface area contributed by atoms with Gasteiger partial charge in [-0.05, 0) is 43.2 Å². The Kier molecular flexibility index (Phi) is 5.94. The average Bonchev–Trinajstić information content (AvgIpc) is 3.49. The van der Waals surface area contributed by atoms with E-state index in [1.54, 1.807) is 18.1 Å². The van der Waals surface area contributed by atoms with Crippen LogP contribution in [0.15, 0.2) is 71.1 Å². The van der Waals surface area contributed by atoms with Gasteiger partial charge in [0.1, 0.15) is 11.3 Å². The number of aryl methyl sites for hydroxylation is 1. The zero-order valence-corrected chi connectivity index (χ0v) is 20.0. The largest absolute Gasteiger partial charge is 0.494 e. The second-order valence-corrected chi connectivity index (χ2v) is 8.83. The first-order valence-electron chi connectivity index (χ1n) is 11.0. The predicted octanol–water partition coefficient (Wildman–Crippen LogP) is 6.61. The third-order valence-electron chi connectivity index (χ3n) is 5.59. The maximum Gasteiger partial charge on any atom is 0.296 e. The van der Waals surface area contributed by atoms with Crippen LogP contribution in [-0.4, -0.2) is 24.6 Å². The normalized spacial score (nSPS) is 11.1. The van der Waals surface area contributed by atoms with Crippen LogP contribution in [0.4, 0.5) is 5.13 Å². The maximum atomic E-state index is 13.8. The van der Waals surface area contributed by atoms with Gasteiger partial charge >= 0.3 is 0 Å². The van der Waals surface area contributed by atoms with Gasteiger partial charge in [0.2, 0.25) is 0 Å². The van der Waals surface area contributed by atoms with E-state index in [9.17, 15) is 4.79 Å². The van der Waals surface area contributed by atoms with Crippen molar-refractivity contribution in [2.45, 2.75) is 20.4 Å². The zero-order valence-electron chi connectivity index (χ0n) is 19.2. The van der Waals surface area contributed by atoms with Crippen LogP contribution in [0.3, 0.4) is 0 Å². The summed E-state index contributed by atoms with van der Waals surface area (Å²) in [7, 11) is 1.63. The van der Waals surface area contributed by atoms with Gasteiger partial charge in [-0.3, -0.25) is 9.69 Å². The molecule has 0 spiro atoms. The molecule has 0 aliphatic carbocycles. The van der Waals surface area contributed by atoms with Crippen LogP contribution in [-0.2, 0) is 6.54 Å². The van der Waals surface area contributed by atoms with E-state index in [0.29, 0.717) is 35.4 Å². The van der Waals surface area contributed by atoms with Crippen molar-refractivity contribution in [3.05, 3.63) is 83.6 Å². The van der Waals surface area contributed by atoms with E-state index in [2.05, 4.69) is 0 Å². The third-order valence-corrected chi connectivity index (χ3v) is 6.80.